The topological polar surface area (TPSA) is 83.9 Å². The van der Waals surface area contributed by atoms with E-state index in [0.29, 0.717) is 24.9 Å². The number of benzene rings is 1. The Morgan fingerprint density at radius 1 is 1.15 bits per heavy atom. The van der Waals surface area contributed by atoms with Crippen LogP contribution in [-0.4, -0.2) is 54.5 Å². The van der Waals surface area contributed by atoms with Gasteiger partial charge in [0.15, 0.2) is 5.78 Å². The van der Waals surface area contributed by atoms with Crippen molar-refractivity contribution < 1.29 is 24.2 Å². The SMILES string of the molecule is COCC1(C(=O)O)CCCN(C(=O)CCC(=O)c2ccc3c(c2)CCC3)C1. The van der Waals surface area contributed by atoms with Gasteiger partial charge in [-0.2, -0.15) is 0 Å². The van der Waals surface area contributed by atoms with Crippen molar-refractivity contribution in [3.63, 3.8) is 0 Å². The van der Waals surface area contributed by atoms with Crippen LogP contribution in [0.1, 0.15) is 53.6 Å². The number of piperidine rings is 1. The van der Waals surface area contributed by atoms with Gasteiger partial charge >= 0.3 is 5.97 Å². The molecular weight excluding hydrogens is 346 g/mol. The van der Waals surface area contributed by atoms with Crippen molar-refractivity contribution in [1.29, 1.82) is 0 Å². The van der Waals surface area contributed by atoms with E-state index in [-0.39, 0.29) is 37.7 Å². The van der Waals surface area contributed by atoms with Gasteiger partial charge in [-0.1, -0.05) is 12.1 Å². The lowest BCUT2D eigenvalue weighted by Crippen LogP contribution is -2.52. The molecule has 1 atom stereocenters. The van der Waals surface area contributed by atoms with Gasteiger partial charge in [0.25, 0.3) is 0 Å². The van der Waals surface area contributed by atoms with E-state index in [4.69, 9.17) is 4.74 Å². The molecule has 1 aromatic carbocycles. The number of likely N-dealkylation sites (tertiary alicyclic amines) is 1. The minimum Gasteiger partial charge on any atom is -0.481 e. The molecule has 0 radical (unpaired) electrons. The Morgan fingerprint density at radius 2 is 1.93 bits per heavy atom. The number of amides is 1. The molecule has 146 valence electrons. The molecule has 0 bridgehead atoms. The highest BCUT2D eigenvalue weighted by Crippen LogP contribution is 2.31. The number of methoxy groups -OCH3 is 1. The average molecular weight is 373 g/mol. The molecule has 1 aliphatic heterocycles. The lowest BCUT2D eigenvalue weighted by molar-refractivity contribution is -0.159. The number of aliphatic carboxylic acids is 1. The number of carboxylic acids is 1. The van der Waals surface area contributed by atoms with Crippen molar-refractivity contribution >= 4 is 17.7 Å². The van der Waals surface area contributed by atoms with Gasteiger partial charge in [-0.25, -0.2) is 0 Å². The second-order valence-corrected chi connectivity index (χ2v) is 7.70. The van der Waals surface area contributed by atoms with Crippen molar-refractivity contribution in [2.24, 2.45) is 5.41 Å². The summed E-state index contributed by atoms with van der Waals surface area (Å²) in [6.45, 7) is 0.757. The summed E-state index contributed by atoms with van der Waals surface area (Å²) in [7, 11) is 1.47. The third kappa shape index (κ3) is 4.21. The maximum Gasteiger partial charge on any atom is 0.313 e. The van der Waals surface area contributed by atoms with Crippen LogP contribution in [0.3, 0.4) is 0 Å². The number of hydrogen-bond donors (Lipinski definition) is 1. The molecule has 1 heterocycles. The van der Waals surface area contributed by atoms with Gasteiger partial charge in [0.05, 0.1) is 6.61 Å². The first-order valence-electron chi connectivity index (χ1n) is 9.60. The summed E-state index contributed by atoms with van der Waals surface area (Å²) in [5.74, 6) is -1.13. The van der Waals surface area contributed by atoms with Crippen LogP contribution < -0.4 is 0 Å². The molecule has 1 aromatic rings. The predicted molar refractivity (Wildman–Crippen MR) is 99.8 cm³/mol. The smallest absolute Gasteiger partial charge is 0.313 e. The number of hydrogen-bond acceptors (Lipinski definition) is 4. The summed E-state index contributed by atoms with van der Waals surface area (Å²) < 4.78 is 5.09. The second kappa shape index (κ2) is 8.21. The third-order valence-corrected chi connectivity index (χ3v) is 5.79. The lowest BCUT2D eigenvalue weighted by Gasteiger charge is -2.39. The van der Waals surface area contributed by atoms with Crippen LogP contribution in [0, 0.1) is 5.41 Å². The Bertz CT molecular complexity index is 740. The largest absolute Gasteiger partial charge is 0.481 e. The van der Waals surface area contributed by atoms with Gasteiger partial charge < -0.3 is 14.7 Å². The van der Waals surface area contributed by atoms with E-state index >= 15 is 0 Å². The fraction of sp³-hybridized carbons (Fsp3) is 0.571. The fourth-order valence-electron chi connectivity index (χ4n) is 4.24. The number of rotatable bonds is 7. The molecule has 1 unspecified atom stereocenters. The second-order valence-electron chi connectivity index (χ2n) is 7.70. The number of carbonyl (C=O) groups excluding carboxylic acids is 2. The van der Waals surface area contributed by atoms with Crippen molar-refractivity contribution in [2.45, 2.75) is 44.9 Å². The zero-order valence-electron chi connectivity index (χ0n) is 15.8. The molecule has 1 saturated heterocycles. The number of carbonyl (C=O) groups is 3. The highest BCUT2D eigenvalue weighted by atomic mass is 16.5. The summed E-state index contributed by atoms with van der Waals surface area (Å²) in [5.41, 5.74) is 2.18. The fourth-order valence-corrected chi connectivity index (χ4v) is 4.24. The molecule has 6 heteroatoms. The molecule has 27 heavy (non-hydrogen) atoms. The number of fused-ring (bicyclic) bond motifs is 1. The van der Waals surface area contributed by atoms with Crippen molar-refractivity contribution in [3.8, 4) is 0 Å². The van der Waals surface area contributed by atoms with E-state index in [1.807, 2.05) is 18.2 Å². The standard InChI is InChI=1S/C21H27NO5/c1-27-14-21(20(25)26)10-3-11-22(13-21)19(24)9-8-18(23)17-7-6-15-4-2-5-16(15)12-17/h6-7,12H,2-5,8-11,13-14H2,1H3,(H,25,26). The van der Waals surface area contributed by atoms with Crippen LogP contribution in [0.4, 0.5) is 0 Å². The van der Waals surface area contributed by atoms with Gasteiger partial charge in [0.1, 0.15) is 5.41 Å². The zero-order chi connectivity index (χ0) is 19.4. The van der Waals surface area contributed by atoms with Crippen LogP contribution in [0.15, 0.2) is 18.2 Å². The van der Waals surface area contributed by atoms with Crippen molar-refractivity contribution in [1.82, 2.24) is 4.90 Å². The van der Waals surface area contributed by atoms with E-state index in [2.05, 4.69) is 0 Å². The maximum absolute atomic E-state index is 12.6. The van der Waals surface area contributed by atoms with Crippen LogP contribution in [0.5, 0.6) is 0 Å². The van der Waals surface area contributed by atoms with E-state index in [9.17, 15) is 19.5 Å². The maximum atomic E-state index is 12.6. The number of carboxylic acid groups (broad SMARTS) is 1. The van der Waals surface area contributed by atoms with Gasteiger partial charge in [0, 0.05) is 38.6 Å². The molecule has 1 amide bonds. The van der Waals surface area contributed by atoms with Gasteiger partial charge in [-0.3, -0.25) is 14.4 Å². The first-order valence-corrected chi connectivity index (χ1v) is 9.60. The Kier molecular flexibility index (Phi) is 5.95. The zero-order valence-corrected chi connectivity index (χ0v) is 15.8. The van der Waals surface area contributed by atoms with E-state index in [1.165, 1.54) is 18.2 Å². The quantitative estimate of drug-likeness (QED) is 0.743. The molecule has 0 spiro atoms. The molecule has 1 N–H and O–H groups in total. The first-order chi connectivity index (χ1) is 12.9. The minimum absolute atomic E-state index is 0.0311. The number of ketones is 1. The monoisotopic (exact) mass is 373 g/mol. The van der Waals surface area contributed by atoms with E-state index in [1.54, 1.807) is 4.90 Å². The summed E-state index contributed by atoms with van der Waals surface area (Å²) in [4.78, 5) is 38.3. The number of nitrogens with zero attached hydrogens (tertiary/aromatic N) is 1. The number of aryl methyl sites for hydroxylation is 2. The molecule has 2 aliphatic rings. The molecule has 3 rings (SSSR count). The number of Topliss-reactive ketones (excluding diaryl/α,β-unsaturated/α-hetero) is 1. The Morgan fingerprint density at radius 3 is 2.67 bits per heavy atom. The highest BCUT2D eigenvalue weighted by Gasteiger charge is 2.43. The normalized spacial score (nSPS) is 21.7. The molecule has 1 aliphatic carbocycles. The van der Waals surface area contributed by atoms with Crippen molar-refractivity contribution in [2.75, 3.05) is 26.8 Å². The Hall–Kier alpha value is -2.21. The van der Waals surface area contributed by atoms with Gasteiger partial charge in [0.2, 0.25) is 5.91 Å². The van der Waals surface area contributed by atoms with E-state index in [0.717, 1.165) is 19.3 Å². The molecule has 1 fully saturated rings. The highest BCUT2D eigenvalue weighted by molar-refractivity contribution is 5.98. The van der Waals surface area contributed by atoms with Gasteiger partial charge in [-0.05, 0) is 49.3 Å². The summed E-state index contributed by atoms with van der Waals surface area (Å²) in [6, 6.07) is 5.84. The Balaban J connectivity index is 1.58. The van der Waals surface area contributed by atoms with Crippen LogP contribution in [-0.2, 0) is 27.2 Å². The van der Waals surface area contributed by atoms with Crippen LogP contribution in [0.2, 0.25) is 0 Å². The number of ether oxygens (including phenoxy) is 1. The van der Waals surface area contributed by atoms with Crippen LogP contribution in [0.25, 0.3) is 0 Å². The molecular formula is C21H27NO5. The summed E-state index contributed by atoms with van der Waals surface area (Å²) in [6.07, 6.45) is 4.60. The van der Waals surface area contributed by atoms with Crippen LogP contribution >= 0.6 is 0 Å². The Labute approximate surface area is 159 Å². The summed E-state index contributed by atoms with van der Waals surface area (Å²) in [5, 5.41) is 9.59. The molecule has 0 saturated carbocycles. The molecule has 6 nitrogen and oxygen atoms in total. The third-order valence-electron chi connectivity index (χ3n) is 5.79. The summed E-state index contributed by atoms with van der Waals surface area (Å²) >= 11 is 0. The van der Waals surface area contributed by atoms with E-state index < -0.39 is 11.4 Å². The first kappa shape index (κ1) is 19.5. The minimum atomic E-state index is -1.05. The predicted octanol–water partition coefficient (Wildman–Crippen LogP) is 2.48. The van der Waals surface area contributed by atoms with Crippen molar-refractivity contribution in [3.05, 3.63) is 34.9 Å². The molecule has 0 aromatic heterocycles. The van der Waals surface area contributed by atoms with Gasteiger partial charge in [-0.15, -0.1) is 0 Å². The average Bonchev–Trinajstić information content (AvgIpc) is 3.14. The lowest BCUT2D eigenvalue weighted by atomic mass is 9.80.